The van der Waals surface area contributed by atoms with Gasteiger partial charge in [0.05, 0.1) is 12.9 Å². The highest BCUT2D eigenvalue weighted by atomic mass is 19.1. The van der Waals surface area contributed by atoms with Crippen molar-refractivity contribution < 1.29 is 9.13 Å². The molecule has 0 radical (unpaired) electrons. The van der Waals surface area contributed by atoms with Gasteiger partial charge in [0.2, 0.25) is 0 Å². The molecule has 0 fully saturated rings. The lowest BCUT2D eigenvalue weighted by molar-refractivity contribution is 0.284. The number of ether oxygens (including phenoxy) is 1. The smallest absolute Gasteiger partial charge is 0.165 e. The van der Waals surface area contributed by atoms with Crippen molar-refractivity contribution in [1.29, 1.82) is 0 Å². The summed E-state index contributed by atoms with van der Waals surface area (Å²) in [5.74, 6) is 0.0575. The van der Waals surface area contributed by atoms with Gasteiger partial charge in [-0.25, -0.2) is 9.37 Å². The SMILES string of the molecule is CCNCc1cccc(F)c1OCCCn1ccnc1. The van der Waals surface area contributed by atoms with Crippen molar-refractivity contribution in [3.05, 3.63) is 48.3 Å². The first-order valence-corrected chi connectivity index (χ1v) is 6.88. The Labute approximate surface area is 118 Å². The lowest BCUT2D eigenvalue weighted by atomic mass is 10.2. The summed E-state index contributed by atoms with van der Waals surface area (Å²) in [6, 6.07) is 5.03. The Morgan fingerprint density at radius 2 is 2.30 bits per heavy atom. The number of hydrogen-bond donors (Lipinski definition) is 1. The third kappa shape index (κ3) is 4.06. The van der Waals surface area contributed by atoms with Gasteiger partial charge in [0.25, 0.3) is 0 Å². The molecular formula is C15H20FN3O. The molecule has 0 aliphatic carbocycles. The lowest BCUT2D eigenvalue weighted by Crippen LogP contribution is -2.14. The predicted octanol–water partition coefficient (Wildman–Crippen LogP) is 2.60. The van der Waals surface area contributed by atoms with Crippen LogP contribution in [0.25, 0.3) is 0 Å². The molecule has 20 heavy (non-hydrogen) atoms. The van der Waals surface area contributed by atoms with Gasteiger partial charge in [-0.1, -0.05) is 19.1 Å². The van der Waals surface area contributed by atoms with Crippen LogP contribution in [0.1, 0.15) is 18.9 Å². The summed E-state index contributed by atoms with van der Waals surface area (Å²) >= 11 is 0. The van der Waals surface area contributed by atoms with Crippen LogP contribution in [0.5, 0.6) is 5.75 Å². The highest BCUT2D eigenvalue weighted by molar-refractivity contribution is 5.34. The van der Waals surface area contributed by atoms with Gasteiger partial charge in [0, 0.05) is 31.0 Å². The molecule has 0 saturated carbocycles. The number of rotatable bonds is 8. The molecule has 1 aromatic heterocycles. The summed E-state index contributed by atoms with van der Waals surface area (Å²) in [5, 5.41) is 3.19. The molecule has 1 aromatic carbocycles. The number of hydrogen-bond acceptors (Lipinski definition) is 3. The van der Waals surface area contributed by atoms with Gasteiger partial charge in [-0.05, 0) is 19.0 Å². The number of nitrogens with zero attached hydrogens (tertiary/aromatic N) is 2. The number of aromatic nitrogens is 2. The summed E-state index contributed by atoms with van der Waals surface area (Å²) in [7, 11) is 0. The van der Waals surface area contributed by atoms with Crippen LogP contribution in [0.15, 0.2) is 36.9 Å². The van der Waals surface area contributed by atoms with Crippen molar-refractivity contribution >= 4 is 0 Å². The summed E-state index contributed by atoms with van der Waals surface area (Å²) in [6.45, 7) is 4.78. The molecular weight excluding hydrogens is 257 g/mol. The molecule has 108 valence electrons. The third-order valence-electron chi connectivity index (χ3n) is 2.98. The van der Waals surface area contributed by atoms with Crippen molar-refractivity contribution in [3.63, 3.8) is 0 Å². The zero-order chi connectivity index (χ0) is 14.2. The topological polar surface area (TPSA) is 39.1 Å². The Bertz CT molecular complexity index is 514. The largest absolute Gasteiger partial charge is 0.490 e. The van der Waals surface area contributed by atoms with Gasteiger partial charge < -0.3 is 14.6 Å². The van der Waals surface area contributed by atoms with Gasteiger partial charge >= 0.3 is 0 Å². The molecule has 1 heterocycles. The first-order valence-electron chi connectivity index (χ1n) is 6.88. The van der Waals surface area contributed by atoms with Crippen molar-refractivity contribution in [2.45, 2.75) is 26.4 Å². The fourth-order valence-corrected chi connectivity index (χ4v) is 1.95. The van der Waals surface area contributed by atoms with Crippen molar-refractivity contribution in [2.24, 2.45) is 0 Å². The Kier molecular flexibility index (Phi) is 5.55. The van der Waals surface area contributed by atoms with Gasteiger partial charge in [-0.2, -0.15) is 0 Å². The minimum Gasteiger partial charge on any atom is -0.490 e. The maximum Gasteiger partial charge on any atom is 0.165 e. The number of para-hydroxylation sites is 1. The second kappa shape index (κ2) is 7.65. The predicted molar refractivity (Wildman–Crippen MR) is 76.1 cm³/mol. The standard InChI is InChI=1S/C15H20FN3O/c1-2-17-11-13-5-3-6-14(16)15(13)20-10-4-8-19-9-7-18-12-19/h3,5-7,9,12,17H,2,4,8,10-11H2,1H3. The van der Waals surface area contributed by atoms with Crippen LogP contribution in [-0.4, -0.2) is 22.7 Å². The van der Waals surface area contributed by atoms with Gasteiger partial charge in [-0.3, -0.25) is 0 Å². The number of benzene rings is 1. The van der Waals surface area contributed by atoms with Crippen molar-refractivity contribution in [2.75, 3.05) is 13.2 Å². The molecule has 2 rings (SSSR count). The first-order chi connectivity index (χ1) is 9.81. The average Bonchev–Trinajstić information content (AvgIpc) is 2.96. The van der Waals surface area contributed by atoms with Crippen LogP contribution < -0.4 is 10.1 Å². The van der Waals surface area contributed by atoms with Gasteiger partial charge in [0.1, 0.15) is 0 Å². The Morgan fingerprint density at radius 1 is 1.40 bits per heavy atom. The van der Waals surface area contributed by atoms with E-state index in [9.17, 15) is 4.39 Å². The van der Waals surface area contributed by atoms with E-state index < -0.39 is 0 Å². The van der Waals surface area contributed by atoms with E-state index in [0.29, 0.717) is 18.9 Å². The summed E-state index contributed by atoms with van der Waals surface area (Å²) in [5.41, 5.74) is 0.856. The van der Waals surface area contributed by atoms with E-state index in [0.717, 1.165) is 25.1 Å². The fourth-order valence-electron chi connectivity index (χ4n) is 1.95. The highest BCUT2D eigenvalue weighted by Gasteiger charge is 2.09. The van der Waals surface area contributed by atoms with Crippen LogP contribution in [-0.2, 0) is 13.1 Å². The quantitative estimate of drug-likeness (QED) is 0.754. The monoisotopic (exact) mass is 277 g/mol. The molecule has 2 aromatic rings. The molecule has 0 saturated heterocycles. The lowest BCUT2D eigenvalue weighted by Gasteiger charge is -2.12. The fraction of sp³-hybridized carbons (Fsp3) is 0.400. The van der Waals surface area contributed by atoms with E-state index in [1.54, 1.807) is 18.6 Å². The number of aryl methyl sites for hydroxylation is 1. The van der Waals surface area contributed by atoms with E-state index in [1.807, 2.05) is 23.8 Å². The van der Waals surface area contributed by atoms with Crippen LogP contribution in [0.3, 0.4) is 0 Å². The van der Waals surface area contributed by atoms with Crippen molar-refractivity contribution in [1.82, 2.24) is 14.9 Å². The molecule has 5 heteroatoms. The number of imidazole rings is 1. The molecule has 0 atom stereocenters. The molecule has 0 unspecified atom stereocenters. The van der Waals surface area contributed by atoms with E-state index in [-0.39, 0.29) is 5.82 Å². The molecule has 0 amide bonds. The minimum absolute atomic E-state index is 0.303. The molecule has 4 nitrogen and oxygen atoms in total. The highest BCUT2D eigenvalue weighted by Crippen LogP contribution is 2.22. The second-order valence-corrected chi connectivity index (χ2v) is 4.51. The first kappa shape index (κ1) is 14.5. The van der Waals surface area contributed by atoms with E-state index in [2.05, 4.69) is 10.3 Å². The molecule has 0 aliphatic rings. The number of halogens is 1. The van der Waals surface area contributed by atoms with E-state index in [4.69, 9.17) is 4.74 Å². The Hall–Kier alpha value is -1.88. The van der Waals surface area contributed by atoms with Gasteiger partial charge in [0.15, 0.2) is 11.6 Å². The van der Waals surface area contributed by atoms with Gasteiger partial charge in [-0.15, -0.1) is 0 Å². The summed E-state index contributed by atoms with van der Waals surface area (Å²) in [4.78, 5) is 3.97. The minimum atomic E-state index is -0.303. The zero-order valence-corrected chi connectivity index (χ0v) is 11.7. The third-order valence-corrected chi connectivity index (χ3v) is 2.98. The van der Waals surface area contributed by atoms with Crippen LogP contribution in [0.4, 0.5) is 4.39 Å². The van der Waals surface area contributed by atoms with Crippen molar-refractivity contribution in [3.8, 4) is 5.75 Å². The second-order valence-electron chi connectivity index (χ2n) is 4.51. The number of nitrogens with one attached hydrogen (secondary N) is 1. The normalized spacial score (nSPS) is 10.7. The average molecular weight is 277 g/mol. The van der Waals surface area contributed by atoms with E-state index >= 15 is 0 Å². The molecule has 0 bridgehead atoms. The van der Waals surface area contributed by atoms with Crippen LogP contribution >= 0.6 is 0 Å². The summed E-state index contributed by atoms with van der Waals surface area (Å²) < 4.78 is 21.4. The maximum absolute atomic E-state index is 13.8. The van der Waals surface area contributed by atoms with Crippen LogP contribution in [0, 0.1) is 5.82 Å². The Balaban J connectivity index is 1.87. The molecule has 0 spiro atoms. The molecule has 1 N–H and O–H groups in total. The maximum atomic E-state index is 13.8. The van der Waals surface area contributed by atoms with Crippen LogP contribution in [0.2, 0.25) is 0 Å². The summed E-state index contributed by atoms with van der Waals surface area (Å²) in [6.07, 6.45) is 6.22. The molecule has 0 aliphatic heterocycles. The zero-order valence-electron chi connectivity index (χ0n) is 11.7. The van der Waals surface area contributed by atoms with E-state index in [1.165, 1.54) is 6.07 Å². The Morgan fingerprint density at radius 3 is 3.05 bits per heavy atom.